The van der Waals surface area contributed by atoms with Crippen LogP contribution in [0.1, 0.15) is 12.6 Å². The van der Waals surface area contributed by atoms with Crippen molar-refractivity contribution in [1.82, 2.24) is 19.5 Å². The van der Waals surface area contributed by atoms with E-state index >= 15 is 0 Å². The average Bonchev–Trinajstić information content (AvgIpc) is 3.12. The number of hydrogen-bond donors (Lipinski definition) is 7. The Labute approximate surface area is 171 Å². The van der Waals surface area contributed by atoms with Gasteiger partial charge >= 0.3 is 23.2 Å². The molecule has 0 aromatic carbocycles. The van der Waals surface area contributed by atoms with Gasteiger partial charge in [-0.25, -0.2) is 18.4 Å². The van der Waals surface area contributed by atoms with E-state index in [9.17, 15) is 28.5 Å². The van der Waals surface area contributed by atoms with Crippen LogP contribution in [0.4, 0.5) is 5.95 Å². The van der Waals surface area contributed by atoms with Crippen LogP contribution in [0.2, 0.25) is 0 Å². The van der Waals surface area contributed by atoms with E-state index in [1.54, 1.807) is 0 Å². The Hall–Kier alpha value is -1.74. The van der Waals surface area contributed by atoms with Crippen molar-refractivity contribution in [2.24, 2.45) is 0 Å². The number of aromatic amines is 1. The number of aliphatic hydroxyl groups excluding tert-OH is 1. The fourth-order valence-corrected chi connectivity index (χ4v) is 5.99. The number of nitrogen functional groups attached to an aromatic ring is 1. The smallest absolute Gasteiger partial charge is 0.388 e. The number of hydrogen-bond acceptors (Lipinski definition) is 11. The summed E-state index contributed by atoms with van der Waals surface area (Å²) in [5, 5.41) is 10.3. The van der Waals surface area contributed by atoms with Crippen LogP contribution in [-0.4, -0.2) is 56.4 Å². The molecule has 1 aliphatic heterocycles. The number of phosphoric acid groups is 2. The lowest BCUT2D eigenvalue weighted by molar-refractivity contribution is -0.0227. The molecule has 1 aliphatic rings. The van der Waals surface area contributed by atoms with Gasteiger partial charge in [-0.15, -0.1) is 0 Å². The summed E-state index contributed by atoms with van der Waals surface area (Å²) in [7, 11) is -16.1. The second kappa shape index (κ2) is 8.31. The molecule has 0 spiro atoms. The number of imidazole rings is 1. The molecule has 8 N–H and O–H groups in total. The zero-order valence-electron chi connectivity index (χ0n) is 15.0. The summed E-state index contributed by atoms with van der Waals surface area (Å²) in [6, 6.07) is 0. The van der Waals surface area contributed by atoms with Crippen molar-refractivity contribution in [3.63, 3.8) is 0 Å². The molecular formula is C11H16N5O12P3. The van der Waals surface area contributed by atoms with Gasteiger partial charge in [-0.3, -0.25) is 18.9 Å². The Morgan fingerprint density at radius 3 is 2.58 bits per heavy atom. The second-order valence-corrected chi connectivity index (χ2v) is 10.8. The monoisotopic (exact) mass is 503 g/mol. The van der Waals surface area contributed by atoms with Gasteiger partial charge in [0, 0.05) is 12.2 Å². The molecule has 1 saturated heterocycles. The van der Waals surface area contributed by atoms with Crippen LogP contribution < -0.4 is 11.3 Å². The van der Waals surface area contributed by atoms with Gasteiger partial charge in [0.1, 0.15) is 6.10 Å². The predicted octanol–water partition coefficient (Wildman–Crippen LogP) is -0.724. The van der Waals surface area contributed by atoms with Crippen LogP contribution in [0.25, 0.3) is 11.2 Å². The SMILES string of the molecule is Nc1nc2c(ncn2[C@@H]2O[C@H](/C=C/P(=O)(O)OP(=O)(O)OP(=O)(O)O)C[C@H]2O)c(=O)[nH]1. The topological polar surface area (TPSA) is 270 Å². The van der Waals surface area contributed by atoms with Gasteiger partial charge < -0.3 is 35.2 Å². The van der Waals surface area contributed by atoms with Gasteiger partial charge in [0.15, 0.2) is 17.4 Å². The van der Waals surface area contributed by atoms with E-state index in [1.165, 1.54) is 10.9 Å². The van der Waals surface area contributed by atoms with Crippen LogP contribution in [-0.2, 0) is 27.1 Å². The van der Waals surface area contributed by atoms with Crippen molar-refractivity contribution in [3.8, 4) is 0 Å². The van der Waals surface area contributed by atoms with Crippen LogP contribution in [0.5, 0.6) is 0 Å². The summed E-state index contributed by atoms with van der Waals surface area (Å²) in [6.45, 7) is 0. The van der Waals surface area contributed by atoms with Gasteiger partial charge in [0.25, 0.3) is 5.56 Å². The van der Waals surface area contributed by atoms with Crippen LogP contribution in [0.15, 0.2) is 23.0 Å². The number of ether oxygens (including phenoxy) is 1. The van der Waals surface area contributed by atoms with Crippen molar-refractivity contribution < 1.29 is 51.7 Å². The number of nitrogens with one attached hydrogen (secondary N) is 1. The Morgan fingerprint density at radius 2 is 1.94 bits per heavy atom. The molecule has 3 rings (SSSR count). The number of H-pyrrole nitrogens is 1. The minimum Gasteiger partial charge on any atom is -0.388 e. The number of nitrogens with zero attached hydrogens (tertiary/aromatic N) is 3. The van der Waals surface area contributed by atoms with E-state index in [0.717, 1.165) is 6.08 Å². The molecule has 31 heavy (non-hydrogen) atoms. The van der Waals surface area contributed by atoms with Crippen LogP contribution >= 0.6 is 23.2 Å². The summed E-state index contributed by atoms with van der Waals surface area (Å²) in [5.74, 6) is 0.221. The van der Waals surface area contributed by atoms with Crippen molar-refractivity contribution in [3.05, 3.63) is 28.6 Å². The molecule has 0 aliphatic carbocycles. The summed E-state index contributed by atoms with van der Waals surface area (Å²) >= 11 is 0. The normalized spacial score (nSPS) is 26.3. The number of aromatic nitrogens is 4. The first kappa shape index (κ1) is 23.9. The maximum atomic E-state index is 11.9. The van der Waals surface area contributed by atoms with E-state index in [0.29, 0.717) is 5.82 Å². The molecule has 2 unspecified atom stereocenters. The molecule has 0 bridgehead atoms. The van der Waals surface area contributed by atoms with Crippen molar-refractivity contribution in [2.45, 2.75) is 24.9 Å². The first-order valence-corrected chi connectivity index (χ1v) is 12.7. The molecule has 1 fully saturated rings. The highest BCUT2D eigenvalue weighted by molar-refractivity contribution is 7.69. The molecule has 5 atom stereocenters. The van der Waals surface area contributed by atoms with Crippen LogP contribution in [0.3, 0.4) is 0 Å². The molecule has 3 heterocycles. The first-order valence-electron chi connectivity index (χ1n) is 8.04. The lowest BCUT2D eigenvalue weighted by Crippen LogP contribution is -2.20. The number of nitrogens with two attached hydrogens (primary N) is 1. The highest BCUT2D eigenvalue weighted by atomic mass is 31.3. The van der Waals surface area contributed by atoms with Gasteiger partial charge in [0.05, 0.1) is 12.4 Å². The number of aliphatic hydroxyl groups is 1. The molecule has 2 aromatic rings. The summed E-state index contributed by atoms with van der Waals surface area (Å²) in [4.78, 5) is 57.7. The molecule has 17 nitrogen and oxygen atoms in total. The molecular weight excluding hydrogens is 487 g/mol. The third kappa shape index (κ3) is 5.94. The highest BCUT2D eigenvalue weighted by Crippen LogP contribution is 2.66. The minimum absolute atomic E-state index is 0.0156. The fourth-order valence-electron chi connectivity index (χ4n) is 2.71. The summed E-state index contributed by atoms with van der Waals surface area (Å²) < 4.78 is 48.0. The zero-order chi connectivity index (χ0) is 23.2. The molecule has 2 aromatic heterocycles. The molecule has 172 valence electrons. The summed E-state index contributed by atoms with van der Waals surface area (Å²) in [5.41, 5.74) is 4.83. The van der Waals surface area contributed by atoms with Gasteiger partial charge in [0.2, 0.25) is 5.95 Å². The maximum absolute atomic E-state index is 11.9. The number of rotatable bonds is 7. The predicted molar refractivity (Wildman–Crippen MR) is 100 cm³/mol. The zero-order valence-corrected chi connectivity index (χ0v) is 17.7. The fraction of sp³-hybridized carbons (Fsp3) is 0.364. The number of anilines is 1. The maximum Gasteiger partial charge on any atom is 0.488 e. The van der Waals surface area contributed by atoms with E-state index in [-0.39, 0.29) is 23.5 Å². The Morgan fingerprint density at radius 1 is 1.26 bits per heavy atom. The molecule has 0 saturated carbocycles. The van der Waals surface area contributed by atoms with E-state index in [2.05, 4.69) is 23.6 Å². The number of fused-ring (bicyclic) bond motifs is 1. The molecule has 0 amide bonds. The third-order valence-electron chi connectivity index (χ3n) is 3.76. The van der Waals surface area contributed by atoms with Gasteiger partial charge in [-0.1, -0.05) is 0 Å². The van der Waals surface area contributed by atoms with E-state index in [4.69, 9.17) is 25.2 Å². The quantitative estimate of drug-likeness (QED) is 0.230. The Kier molecular flexibility index (Phi) is 6.41. The molecule has 20 heteroatoms. The highest BCUT2D eigenvalue weighted by Gasteiger charge is 2.39. The minimum atomic E-state index is -5.58. The van der Waals surface area contributed by atoms with Gasteiger partial charge in [-0.05, 0) is 6.08 Å². The first-order chi connectivity index (χ1) is 14.2. The van der Waals surface area contributed by atoms with Crippen molar-refractivity contribution in [2.75, 3.05) is 5.73 Å². The lowest BCUT2D eigenvalue weighted by atomic mass is 10.2. The third-order valence-corrected chi connectivity index (χ3v) is 7.75. The van der Waals surface area contributed by atoms with Crippen molar-refractivity contribution >= 4 is 40.4 Å². The Balaban J connectivity index is 1.75. The second-order valence-electron chi connectivity index (χ2n) is 6.17. The molecule has 0 radical (unpaired) electrons. The van der Waals surface area contributed by atoms with Crippen LogP contribution in [0, 0.1) is 0 Å². The van der Waals surface area contributed by atoms with Gasteiger partial charge in [-0.2, -0.15) is 9.29 Å². The lowest BCUT2D eigenvalue weighted by Gasteiger charge is -2.16. The average molecular weight is 503 g/mol. The van der Waals surface area contributed by atoms with E-state index < -0.39 is 47.2 Å². The standard InChI is InChI=1S/C11H16N5O12P3/c12-11-14-8-7(9(18)15-11)13-4-16(8)10-6(17)3-5(26-10)1-2-29(19,20)27-31(24,25)28-30(21,22)23/h1-2,4-6,10,17H,3H2,(H,19,20)(H,24,25)(H2,21,22,23)(H3,12,14,15,18)/b2-1+/t5-,6-,10-/m1/s1. The summed E-state index contributed by atoms with van der Waals surface area (Å²) in [6.07, 6.45) is -1.33. The Bertz CT molecular complexity index is 1220. The van der Waals surface area contributed by atoms with E-state index in [1.807, 2.05) is 0 Å². The largest absolute Gasteiger partial charge is 0.488 e. The van der Waals surface area contributed by atoms with Crippen molar-refractivity contribution in [1.29, 1.82) is 0 Å².